The molecule has 1 nitrogen and oxygen atoms in total. The van der Waals surface area contributed by atoms with Crippen LogP contribution in [0.1, 0.15) is 62.5 Å². The van der Waals surface area contributed by atoms with Crippen LogP contribution < -0.4 is 4.74 Å². The van der Waals surface area contributed by atoms with Crippen LogP contribution in [0.15, 0.2) is 60.7 Å². The molecule has 4 aromatic rings. The number of halogens is 7. The summed E-state index contributed by atoms with van der Waals surface area (Å²) in [6.45, 7) is 2.03. The van der Waals surface area contributed by atoms with Crippen LogP contribution in [0.2, 0.25) is 0 Å². The molecule has 0 amide bonds. The third-order valence-electron chi connectivity index (χ3n) is 8.02. The first-order valence-corrected chi connectivity index (χ1v) is 14.0. The van der Waals surface area contributed by atoms with E-state index in [1.807, 2.05) is 0 Å². The van der Waals surface area contributed by atoms with Gasteiger partial charge < -0.3 is 4.74 Å². The maximum absolute atomic E-state index is 14.9. The highest BCUT2D eigenvalue weighted by Gasteiger charge is 2.24. The van der Waals surface area contributed by atoms with E-state index >= 15 is 0 Å². The van der Waals surface area contributed by atoms with E-state index in [-0.39, 0.29) is 18.1 Å². The summed E-state index contributed by atoms with van der Waals surface area (Å²) >= 11 is 0. The van der Waals surface area contributed by atoms with Crippen molar-refractivity contribution in [3.63, 3.8) is 0 Å². The summed E-state index contributed by atoms with van der Waals surface area (Å²) in [5, 5.41) is 0. The Labute approximate surface area is 240 Å². The van der Waals surface area contributed by atoms with Crippen molar-refractivity contribution in [3.05, 3.63) is 113 Å². The van der Waals surface area contributed by atoms with Gasteiger partial charge in [-0.3, -0.25) is 0 Å². The molecule has 0 heterocycles. The first-order valence-electron chi connectivity index (χ1n) is 14.0. The van der Waals surface area contributed by atoms with Crippen molar-refractivity contribution in [2.24, 2.45) is 5.92 Å². The predicted molar refractivity (Wildman–Crippen MR) is 147 cm³/mol. The van der Waals surface area contributed by atoms with Crippen molar-refractivity contribution < 1.29 is 35.5 Å². The Bertz CT molecular complexity index is 1500. The van der Waals surface area contributed by atoms with E-state index in [1.165, 1.54) is 18.6 Å². The molecule has 0 aromatic heterocycles. The van der Waals surface area contributed by atoms with E-state index in [2.05, 4.69) is 6.92 Å². The molecule has 0 bridgehead atoms. The predicted octanol–water partition coefficient (Wildman–Crippen LogP) is 10.6. The number of rotatable bonds is 8. The summed E-state index contributed by atoms with van der Waals surface area (Å²) in [5.41, 5.74) is 0.589. The lowest BCUT2D eigenvalue weighted by Crippen LogP contribution is -2.14. The molecule has 0 radical (unpaired) electrons. The monoisotopic (exact) mass is 586 g/mol. The average Bonchev–Trinajstić information content (AvgIpc) is 2.96. The smallest absolute Gasteiger partial charge is 0.194 e. The van der Waals surface area contributed by atoms with Gasteiger partial charge in [0.15, 0.2) is 34.8 Å². The molecular weight excluding hydrogens is 557 g/mol. The van der Waals surface area contributed by atoms with Gasteiger partial charge in [-0.1, -0.05) is 44.0 Å². The van der Waals surface area contributed by atoms with Gasteiger partial charge >= 0.3 is 0 Å². The van der Waals surface area contributed by atoms with Gasteiger partial charge in [-0.25, -0.2) is 30.7 Å². The van der Waals surface area contributed by atoms with Crippen LogP contribution in [-0.4, -0.2) is 0 Å². The van der Waals surface area contributed by atoms with Crippen molar-refractivity contribution in [2.75, 3.05) is 0 Å². The Balaban J connectivity index is 1.26. The molecule has 8 heteroatoms. The minimum Gasteiger partial charge on any atom is -0.483 e. The van der Waals surface area contributed by atoms with Crippen molar-refractivity contribution >= 4 is 0 Å². The molecule has 1 fully saturated rings. The highest BCUT2D eigenvalue weighted by Crippen LogP contribution is 2.39. The molecule has 0 unspecified atom stereocenters. The van der Waals surface area contributed by atoms with Crippen molar-refractivity contribution in [3.8, 4) is 28.0 Å². The summed E-state index contributed by atoms with van der Waals surface area (Å²) in [5.74, 6) is -8.21. The third kappa shape index (κ3) is 6.32. The minimum absolute atomic E-state index is 0.130. The number of hydrogen-bond acceptors (Lipinski definition) is 1. The highest BCUT2D eigenvalue weighted by atomic mass is 19.2. The van der Waals surface area contributed by atoms with Gasteiger partial charge in [0.05, 0.1) is 5.56 Å². The minimum atomic E-state index is -1.73. The first-order chi connectivity index (χ1) is 20.1. The second-order valence-corrected chi connectivity index (χ2v) is 10.9. The summed E-state index contributed by atoms with van der Waals surface area (Å²) < 4.78 is 105. The second kappa shape index (κ2) is 12.6. The average molecular weight is 587 g/mol. The molecule has 0 atom stereocenters. The SMILES string of the molecule is CCCC1CCC(c2cc(F)c(OCc3ccc(-c4cc(F)c(-c5cc(F)c(F)c(F)c5)c(F)c4)cc3)c(F)c2)CC1. The summed E-state index contributed by atoms with van der Waals surface area (Å²) in [7, 11) is 0. The summed E-state index contributed by atoms with van der Waals surface area (Å²) in [6.07, 6.45) is 6.28. The largest absolute Gasteiger partial charge is 0.483 e. The van der Waals surface area contributed by atoms with Gasteiger partial charge in [0.2, 0.25) is 0 Å². The molecule has 4 aromatic carbocycles. The maximum atomic E-state index is 14.9. The molecular formula is C34H29F7O. The molecule has 5 rings (SSSR count). The van der Waals surface area contributed by atoms with E-state index in [1.54, 1.807) is 24.3 Å². The van der Waals surface area contributed by atoms with Crippen LogP contribution in [0.5, 0.6) is 5.75 Å². The summed E-state index contributed by atoms with van der Waals surface area (Å²) in [6, 6.07) is 12.0. The van der Waals surface area contributed by atoms with E-state index < -0.39 is 57.6 Å². The molecule has 1 aliphatic carbocycles. The number of ether oxygens (including phenoxy) is 1. The Hall–Kier alpha value is -3.81. The zero-order chi connectivity index (χ0) is 30.0. The second-order valence-electron chi connectivity index (χ2n) is 10.9. The third-order valence-corrected chi connectivity index (χ3v) is 8.02. The number of hydrogen-bond donors (Lipinski definition) is 0. The molecule has 0 saturated heterocycles. The summed E-state index contributed by atoms with van der Waals surface area (Å²) in [4.78, 5) is 0. The van der Waals surface area contributed by atoms with Crippen LogP contribution in [-0.2, 0) is 6.61 Å². The van der Waals surface area contributed by atoms with Crippen LogP contribution in [0.25, 0.3) is 22.3 Å². The van der Waals surface area contributed by atoms with E-state index in [0.29, 0.717) is 34.7 Å². The van der Waals surface area contributed by atoms with Crippen molar-refractivity contribution in [2.45, 2.75) is 58.0 Å². The lowest BCUT2D eigenvalue weighted by molar-refractivity contribution is 0.272. The van der Waals surface area contributed by atoms with E-state index in [9.17, 15) is 30.7 Å². The standard InChI is InChI=1S/C34H29F7O/c1-2-3-19-4-8-21(9-5-19)24-14-30(39)34(31(40)15-24)42-18-20-6-10-22(11-7-20)23-12-26(35)32(27(36)13-23)25-16-28(37)33(41)29(38)17-25/h6-7,10-17,19,21H,2-5,8-9,18H2,1H3. The van der Waals surface area contributed by atoms with Crippen LogP contribution in [0.3, 0.4) is 0 Å². The molecule has 1 aliphatic rings. The lowest BCUT2D eigenvalue weighted by Gasteiger charge is -2.28. The van der Waals surface area contributed by atoms with Gasteiger partial charge in [0.25, 0.3) is 0 Å². The highest BCUT2D eigenvalue weighted by molar-refractivity contribution is 5.72. The van der Waals surface area contributed by atoms with Gasteiger partial charge in [-0.05, 0) is 102 Å². The quantitative estimate of drug-likeness (QED) is 0.147. The van der Waals surface area contributed by atoms with Crippen molar-refractivity contribution in [1.82, 2.24) is 0 Å². The van der Waals surface area contributed by atoms with Gasteiger partial charge in [0.1, 0.15) is 18.2 Å². The molecule has 42 heavy (non-hydrogen) atoms. The Kier molecular flexibility index (Phi) is 8.90. The fourth-order valence-corrected chi connectivity index (χ4v) is 5.81. The molecule has 0 spiro atoms. The van der Waals surface area contributed by atoms with Crippen LogP contribution in [0, 0.1) is 46.6 Å². The van der Waals surface area contributed by atoms with E-state index in [0.717, 1.165) is 44.2 Å². The Morgan fingerprint density at radius 3 is 1.71 bits per heavy atom. The van der Waals surface area contributed by atoms with E-state index in [4.69, 9.17) is 4.74 Å². The van der Waals surface area contributed by atoms with Gasteiger partial charge in [0, 0.05) is 0 Å². The Morgan fingerprint density at radius 2 is 1.17 bits per heavy atom. The van der Waals surface area contributed by atoms with Gasteiger partial charge in [-0.2, -0.15) is 0 Å². The normalized spacial score (nSPS) is 17.0. The fraction of sp³-hybridized carbons (Fsp3) is 0.294. The van der Waals surface area contributed by atoms with Crippen LogP contribution in [0.4, 0.5) is 30.7 Å². The molecule has 0 N–H and O–H groups in total. The fourth-order valence-electron chi connectivity index (χ4n) is 5.81. The number of benzene rings is 4. The van der Waals surface area contributed by atoms with Gasteiger partial charge in [-0.15, -0.1) is 0 Å². The lowest BCUT2D eigenvalue weighted by atomic mass is 9.77. The molecule has 0 aliphatic heterocycles. The van der Waals surface area contributed by atoms with Crippen LogP contribution >= 0.6 is 0 Å². The molecule has 1 saturated carbocycles. The zero-order valence-corrected chi connectivity index (χ0v) is 22.9. The maximum Gasteiger partial charge on any atom is 0.194 e. The van der Waals surface area contributed by atoms with Crippen molar-refractivity contribution in [1.29, 1.82) is 0 Å². The Morgan fingerprint density at radius 1 is 0.619 bits per heavy atom. The molecule has 220 valence electrons. The topological polar surface area (TPSA) is 9.23 Å². The zero-order valence-electron chi connectivity index (χ0n) is 22.9. The first kappa shape index (κ1) is 29.7.